The number of fused-ring (bicyclic) bond motifs is 2. The molecule has 1 aliphatic rings. The number of alkyl halides is 4. The van der Waals surface area contributed by atoms with Crippen molar-refractivity contribution in [1.29, 1.82) is 0 Å². The molecule has 5 rings (SSSR count). The molecular weight excluding hydrogens is 532 g/mol. The Bertz CT molecular complexity index is 1570. The second kappa shape index (κ2) is 12.4. The van der Waals surface area contributed by atoms with E-state index in [2.05, 4.69) is 19.4 Å². The van der Waals surface area contributed by atoms with Gasteiger partial charge in [0.15, 0.2) is 6.29 Å². The minimum absolute atomic E-state index is 0.106. The van der Waals surface area contributed by atoms with Gasteiger partial charge in [0.25, 0.3) is 11.1 Å². The minimum atomic E-state index is -2.97. The third-order valence-electron chi connectivity index (χ3n) is 5.36. The van der Waals surface area contributed by atoms with Crippen LogP contribution in [0.15, 0.2) is 58.4 Å². The van der Waals surface area contributed by atoms with Crippen LogP contribution in [0, 0.1) is 0 Å². The predicted octanol–water partition coefficient (Wildman–Crippen LogP) is 2.57. The molecule has 4 aromatic rings. The molecule has 0 bridgehead atoms. The number of carbonyl (C=O) groups is 1. The Hall–Kier alpha value is -4.37. The van der Waals surface area contributed by atoms with Crippen LogP contribution in [0.2, 0.25) is 0 Å². The van der Waals surface area contributed by atoms with Crippen LogP contribution in [-0.2, 0) is 27.4 Å². The van der Waals surface area contributed by atoms with Gasteiger partial charge in [0.05, 0.1) is 60.8 Å². The molecule has 4 aromatic heterocycles. The van der Waals surface area contributed by atoms with Crippen LogP contribution < -0.4 is 20.6 Å². The number of ether oxygens (including phenoxy) is 4. The molecule has 1 aliphatic heterocycles. The van der Waals surface area contributed by atoms with Crippen LogP contribution >= 0.6 is 0 Å². The molecule has 0 spiro atoms. The van der Waals surface area contributed by atoms with Crippen molar-refractivity contribution in [3.63, 3.8) is 0 Å². The summed E-state index contributed by atoms with van der Waals surface area (Å²) in [5.41, 5.74) is 0.864. The molecule has 5 heterocycles. The number of hydrogen-bond donors (Lipinski definition) is 0. The fourth-order valence-corrected chi connectivity index (χ4v) is 3.75. The summed E-state index contributed by atoms with van der Waals surface area (Å²) in [6, 6.07) is 8.19. The molecule has 1 saturated heterocycles. The molecule has 0 N–H and O–H groups in total. The maximum atomic E-state index is 12.3. The lowest BCUT2D eigenvalue weighted by Gasteiger charge is -2.14. The quantitative estimate of drug-likeness (QED) is 0.240. The van der Waals surface area contributed by atoms with E-state index in [1.165, 1.54) is 47.2 Å². The smallest absolute Gasteiger partial charge is 0.387 e. The summed E-state index contributed by atoms with van der Waals surface area (Å²) in [5.74, 6) is -0.271. The molecule has 15 heteroatoms. The van der Waals surface area contributed by atoms with Crippen molar-refractivity contribution in [2.75, 3.05) is 13.2 Å². The first-order valence-electron chi connectivity index (χ1n) is 11.3. The molecule has 1 fully saturated rings. The van der Waals surface area contributed by atoms with E-state index in [0.717, 1.165) is 10.8 Å². The topological polar surface area (TPSA) is 124 Å². The van der Waals surface area contributed by atoms with Crippen LogP contribution in [0.3, 0.4) is 0 Å². The fourth-order valence-electron chi connectivity index (χ4n) is 3.75. The Balaban J connectivity index is 0.000000183. The van der Waals surface area contributed by atoms with Gasteiger partial charge < -0.3 is 28.3 Å². The molecule has 0 atom stereocenters. The molecular formula is C24H20F4N4O7. The molecule has 0 aliphatic carbocycles. The highest BCUT2D eigenvalue weighted by atomic mass is 19.3. The van der Waals surface area contributed by atoms with Gasteiger partial charge in [-0.15, -0.1) is 0 Å². The largest absolute Gasteiger partial charge is 0.433 e. The van der Waals surface area contributed by atoms with Crippen molar-refractivity contribution in [2.45, 2.75) is 32.6 Å². The van der Waals surface area contributed by atoms with Gasteiger partial charge >= 0.3 is 13.2 Å². The van der Waals surface area contributed by atoms with E-state index < -0.39 is 25.1 Å². The third-order valence-corrected chi connectivity index (χ3v) is 5.36. The standard InChI is InChI=1S/C13H12F2N2O4.C11H8F2N2O3/c14-13(15)21-8-5-10-9(16-6-8)1-2-11(18)17(10)7-12-19-3-4-20-12;12-11(13)18-7-5-9-8(14-6-7)1-2-10(17)15(9)3-4-16/h1-2,5-6,12-13H,3-4,7H2;1-2,4-6,11H,3H2. The zero-order valence-electron chi connectivity index (χ0n) is 19.9. The molecule has 206 valence electrons. The molecule has 0 amide bonds. The normalized spacial score (nSPS) is 13.6. The average Bonchev–Trinajstić information content (AvgIpc) is 3.41. The Morgan fingerprint density at radius 3 is 1.82 bits per heavy atom. The lowest BCUT2D eigenvalue weighted by molar-refractivity contribution is -0.108. The zero-order valence-corrected chi connectivity index (χ0v) is 19.9. The Morgan fingerprint density at radius 2 is 1.33 bits per heavy atom. The number of aromatic nitrogens is 4. The summed E-state index contributed by atoms with van der Waals surface area (Å²) in [6.07, 6.45) is 2.32. The number of carbonyl (C=O) groups excluding carboxylic acids is 1. The number of pyridine rings is 4. The van der Waals surface area contributed by atoms with Crippen molar-refractivity contribution < 1.29 is 41.3 Å². The summed E-state index contributed by atoms with van der Waals surface area (Å²) in [6.45, 7) is -5.01. The molecule has 0 radical (unpaired) electrons. The SMILES string of the molecule is O=CCn1c(=O)ccc2ncc(OC(F)F)cc21.O=c1ccc2ncc(OC(F)F)cc2n1CC1OCCO1. The van der Waals surface area contributed by atoms with Crippen LogP contribution in [0.5, 0.6) is 11.5 Å². The number of nitrogens with zero attached hydrogens (tertiary/aromatic N) is 4. The van der Waals surface area contributed by atoms with Crippen molar-refractivity contribution in [3.8, 4) is 11.5 Å². The summed E-state index contributed by atoms with van der Waals surface area (Å²) in [4.78, 5) is 41.9. The van der Waals surface area contributed by atoms with Gasteiger partial charge in [0.1, 0.15) is 17.8 Å². The Kier molecular flexibility index (Phi) is 8.83. The number of rotatable bonds is 8. The van der Waals surface area contributed by atoms with Crippen LogP contribution in [0.1, 0.15) is 0 Å². The third kappa shape index (κ3) is 6.94. The van der Waals surface area contributed by atoms with Crippen LogP contribution in [-0.4, -0.2) is 58.1 Å². The first-order chi connectivity index (χ1) is 18.7. The van der Waals surface area contributed by atoms with Crippen molar-refractivity contribution in [1.82, 2.24) is 19.1 Å². The van der Waals surface area contributed by atoms with E-state index in [4.69, 9.17) is 9.47 Å². The predicted molar refractivity (Wildman–Crippen MR) is 127 cm³/mol. The Morgan fingerprint density at radius 1 is 0.846 bits per heavy atom. The minimum Gasteiger partial charge on any atom is -0.433 e. The second-order valence-corrected chi connectivity index (χ2v) is 7.81. The van der Waals surface area contributed by atoms with Gasteiger partial charge in [-0.2, -0.15) is 17.6 Å². The van der Waals surface area contributed by atoms with Gasteiger partial charge in [0.2, 0.25) is 0 Å². The van der Waals surface area contributed by atoms with E-state index >= 15 is 0 Å². The maximum absolute atomic E-state index is 12.3. The first-order valence-corrected chi connectivity index (χ1v) is 11.3. The maximum Gasteiger partial charge on any atom is 0.387 e. The van der Waals surface area contributed by atoms with Gasteiger partial charge in [-0.1, -0.05) is 0 Å². The fraction of sp³-hybridized carbons (Fsp3) is 0.292. The lowest BCUT2D eigenvalue weighted by Crippen LogP contribution is -2.27. The molecule has 11 nitrogen and oxygen atoms in total. The van der Waals surface area contributed by atoms with E-state index in [-0.39, 0.29) is 35.7 Å². The number of halogens is 4. The average molecular weight is 552 g/mol. The molecule has 0 unspecified atom stereocenters. The highest BCUT2D eigenvalue weighted by molar-refractivity contribution is 5.77. The van der Waals surface area contributed by atoms with Crippen LogP contribution in [0.25, 0.3) is 22.1 Å². The monoisotopic (exact) mass is 552 g/mol. The Labute approximate surface area is 216 Å². The number of aldehydes is 1. The van der Waals surface area contributed by atoms with Gasteiger partial charge in [0, 0.05) is 24.3 Å². The highest BCUT2D eigenvalue weighted by Gasteiger charge is 2.19. The first kappa shape index (κ1) is 27.7. The van der Waals surface area contributed by atoms with Crippen molar-refractivity contribution in [3.05, 3.63) is 69.5 Å². The summed E-state index contributed by atoms with van der Waals surface area (Å²) in [5, 5.41) is 0. The van der Waals surface area contributed by atoms with Crippen LogP contribution in [0.4, 0.5) is 17.6 Å². The van der Waals surface area contributed by atoms with E-state index in [0.29, 0.717) is 36.1 Å². The summed E-state index contributed by atoms with van der Waals surface area (Å²) in [7, 11) is 0. The van der Waals surface area contributed by atoms with E-state index in [1.807, 2.05) is 0 Å². The van der Waals surface area contributed by atoms with Gasteiger partial charge in [-0.3, -0.25) is 24.1 Å². The van der Waals surface area contributed by atoms with Gasteiger partial charge in [-0.05, 0) is 12.1 Å². The van der Waals surface area contributed by atoms with E-state index in [9.17, 15) is 31.9 Å². The van der Waals surface area contributed by atoms with E-state index in [1.54, 1.807) is 0 Å². The summed E-state index contributed by atoms with van der Waals surface area (Å²) >= 11 is 0. The number of hydrogen-bond acceptors (Lipinski definition) is 9. The van der Waals surface area contributed by atoms with Gasteiger partial charge in [-0.25, -0.2) is 0 Å². The zero-order chi connectivity index (χ0) is 27.9. The van der Waals surface area contributed by atoms with Crippen molar-refractivity contribution in [2.24, 2.45) is 0 Å². The molecule has 39 heavy (non-hydrogen) atoms. The second-order valence-electron chi connectivity index (χ2n) is 7.81. The lowest BCUT2D eigenvalue weighted by atomic mass is 10.3. The summed E-state index contributed by atoms with van der Waals surface area (Å²) < 4.78 is 70.3. The molecule has 0 saturated carbocycles. The van der Waals surface area contributed by atoms with Crippen molar-refractivity contribution >= 4 is 28.4 Å². The highest BCUT2D eigenvalue weighted by Crippen LogP contribution is 2.20. The molecule has 0 aromatic carbocycles.